The molecule has 2 aromatic rings. The van der Waals surface area contributed by atoms with Crippen molar-refractivity contribution >= 4 is 5.71 Å². The summed E-state index contributed by atoms with van der Waals surface area (Å²) < 4.78 is 5.61. The Morgan fingerprint density at radius 2 is 1.20 bits per heavy atom. The molecule has 0 fully saturated rings. The van der Waals surface area contributed by atoms with Crippen LogP contribution in [0.25, 0.3) is 0 Å². The van der Waals surface area contributed by atoms with Crippen molar-refractivity contribution in [2.75, 3.05) is 0 Å². The third kappa shape index (κ3) is 7.34. The van der Waals surface area contributed by atoms with Crippen LogP contribution in [-0.4, -0.2) is 10.9 Å². The Labute approximate surface area is 120 Å². The fraction of sp³-hybridized carbons (Fsp3) is 0.235. The monoisotopic (exact) mass is 271 g/mol. The Morgan fingerprint density at radius 1 is 0.850 bits per heavy atom. The van der Waals surface area contributed by atoms with Crippen molar-refractivity contribution in [3.63, 3.8) is 0 Å². The van der Waals surface area contributed by atoms with Gasteiger partial charge in [0.2, 0.25) is 0 Å². The molecule has 0 aliphatic rings. The topological polar surface area (TPSA) is 41.8 Å². The number of rotatable bonds is 4. The molecule has 0 saturated carbocycles. The summed E-state index contributed by atoms with van der Waals surface area (Å²) in [5.74, 6) is 0. The molecule has 3 heteroatoms. The summed E-state index contributed by atoms with van der Waals surface area (Å²) in [6.45, 7) is 4.80. The van der Waals surface area contributed by atoms with Crippen LogP contribution >= 0.6 is 0 Å². The van der Waals surface area contributed by atoms with Crippen molar-refractivity contribution < 1.29 is 9.94 Å². The van der Waals surface area contributed by atoms with Gasteiger partial charge in [0, 0.05) is 0 Å². The number of nitrogens with zero attached hydrogens (tertiary/aromatic N) is 1. The van der Waals surface area contributed by atoms with Crippen LogP contribution in [0.5, 0.6) is 0 Å². The fourth-order valence-corrected chi connectivity index (χ4v) is 1.44. The van der Waals surface area contributed by atoms with Crippen LogP contribution in [0.15, 0.2) is 65.8 Å². The predicted molar refractivity (Wildman–Crippen MR) is 81.9 cm³/mol. The van der Waals surface area contributed by atoms with Gasteiger partial charge in [0.1, 0.15) is 0 Å². The van der Waals surface area contributed by atoms with E-state index in [-0.39, 0.29) is 0 Å². The minimum absolute atomic E-state index is 0.676. The zero-order chi connectivity index (χ0) is 14.6. The lowest BCUT2D eigenvalue weighted by atomic mass is 10.2. The fourth-order valence-electron chi connectivity index (χ4n) is 1.44. The minimum Gasteiger partial charge on any atom is -0.411 e. The molecule has 0 spiro atoms. The largest absolute Gasteiger partial charge is 0.411 e. The van der Waals surface area contributed by atoms with Crippen LogP contribution in [0.2, 0.25) is 0 Å². The third-order valence-electron chi connectivity index (χ3n) is 2.42. The summed E-state index contributed by atoms with van der Waals surface area (Å²) in [7, 11) is 0. The van der Waals surface area contributed by atoms with Gasteiger partial charge in [0.25, 0.3) is 0 Å². The van der Waals surface area contributed by atoms with E-state index in [0.717, 1.165) is 0 Å². The van der Waals surface area contributed by atoms with Gasteiger partial charge in [-0.05, 0) is 25.0 Å². The molecule has 0 radical (unpaired) electrons. The SMILES string of the molecule is CC(C)=NO.c1ccc(COCc2ccccc2)cc1. The lowest BCUT2D eigenvalue weighted by molar-refractivity contribution is 0.107. The number of hydrogen-bond acceptors (Lipinski definition) is 3. The predicted octanol–water partition coefficient (Wildman–Crippen LogP) is 4.26. The molecular formula is C17H21NO2. The lowest BCUT2D eigenvalue weighted by Gasteiger charge is -2.03. The highest BCUT2D eigenvalue weighted by molar-refractivity contribution is 5.78. The Kier molecular flexibility index (Phi) is 7.77. The van der Waals surface area contributed by atoms with Crippen molar-refractivity contribution in [1.29, 1.82) is 0 Å². The van der Waals surface area contributed by atoms with Gasteiger partial charge in [-0.1, -0.05) is 65.8 Å². The number of ether oxygens (including phenoxy) is 1. The van der Waals surface area contributed by atoms with Crippen molar-refractivity contribution in [1.82, 2.24) is 0 Å². The van der Waals surface area contributed by atoms with Gasteiger partial charge in [0.15, 0.2) is 0 Å². The summed E-state index contributed by atoms with van der Waals surface area (Å²) in [6, 6.07) is 20.4. The summed E-state index contributed by atoms with van der Waals surface area (Å²) in [6.07, 6.45) is 0. The first-order chi connectivity index (χ1) is 9.72. The Morgan fingerprint density at radius 3 is 1.50 bits per heavy atom. The molecule has 0 bridgehead atoms. The highest BCUT2D eigenvalue weighted by Crippen LogP contribution is 2.05. The first-order valence-corrected chi connectivity index (χ1v) is 6.53. The van der Waals surface area contributed by atoms with Crippen LogP contribution in [0.1, 0.15) is 25.0 Å². The maximum atomic E-state index is 7.73. The number of benzene rings is 2. The molecule has 1 N–H and O–H groups in total. The highest BCUT2D eigenvalue weighted by Gasteiger charge is 1.93. The van der Waals surface area contributed by atoms with E-state index >= 15 is 0 Å². The molecule has 0 atom stereocenters. The van der Waals surface area contributed by atoms with E-state index in [1.165, 1.54) is 11.1 Å². The molecule has 2 aromatic carbocycles. The molecule has 20 heavy (non-hydrogen) atoms. The van der Waals surface area contributed by atoms with Crippen molar-refractivity contribution in [2.24, 2.45) is 5.16 Å². The summed E-state index contributed by atoms with van der Waals surface area (Å²) in [5, 5.41) is 10.5. The lowest BCUT2D eigenvalue weighted by Crippen LogP contribution is -1.93. The second-order valence-electron chi connectivity index (χ2n) is 4.51. The first-order valence-electron chi connectivity index (χ1n) is 6.53. The average Bonchev–Trinajstić information content (AvgIpc) is 2.50. The second kappa shape index (κ2) is 9.75. The molecule has 0 aliphatic heterocycles. The smallest absolute Gasteiger partial charge is 0.0721 e. The minimum atomic E-state index is 0.676. The molecular weight excluding hydrogens is 250 g/mol. The van der Waals surface area contributed by atoms with Gasteiger partial charge >= 0.3 is 0 Å². The summed E-state index contributed by atoms with van der Waals surface area (Å²) in [4.78, 5) is 0. The number of oxime groups is 1. The Bertz CT molecular complexity index is 451. The van der Waals surface area contributed by atoms with Gasteiger partial charge in [-0.3, -0.25) is 0 Å². The molecule has 0 aliphatic carbocycles. The van der Waals surface area contributed by atoms with Gasteiger partial charge in [0.05, 0.1) is 18.9 Å². The maximum absolute atomic E-state index is 7.73. The van der Waals surface area contributed by atoms with E-state index < -0.39 is 0 Å². The van der Waals surface area contributed by atoms with E-state index in [1.807, 2.05) is 36.4 Å². The van der Waals surface area contributed by atoms with Gasteiger partial charge in [-0.2, -0.15) is 0 Å². The van der Waals surface area contributed by atoms with Crippen molar-refractivity contribution in [3.8, 4) is 0 Å². The standard InChI is InChI=1S/C14H14O.C3H7NO/c1-3-7-13(8-4-1)11-15-12-14-9-5-2-6-10-14;1-3(2)4-5/h1-10H,11-12H2;5H,1-2H3. The highest BCUT2D eigenvalue weighted by atomic mass is 16.5. The number of hydrogen-bond donors (Lipinski definition) is 1. The molecule has 2 rings (SSSR count). The molecule has 0 heterocycles. The summed E-state index contributed by atoms with van der Waals surface area (Å²) in [5.41, 5.74) is 3.12. The average molecular weight is 271 g/mol. The Hall–Kier alpha value is -2.13. The van der Waals surface area contributed by atoms with E-state index in [1.54, 1.807) is 13.8 Å². The molecule has 0 unspecified atom stereocenters. The van der Waals surface area contributed by atoms with E-state index in [9.17, 15) is 0 Å². The van der Waals surface area contributed by atoms with Crippen LogP contribution in [0.3, 0.4) is 0 Å². The molecule has 0 amide bonds. The molecule has 3 nitrogen and oxygen atoms in total. The molecule has 0 saturated heterocycles. The summed E-state index contributed by atoms with van der Waals surface area (Å²) >= 11 is 0. The molecule has 0 aromatic heterocycles. The Balaban J connectivity index is 0.000000347. The van der Waals surface area contributed by atoms with Crippen LogP contribution in [0.4, 0.5) is 0 Å². The van der Waals surface area contributed by atoms with Crippen LogP contribution in [0, 0.1) is 0 Å². The zero-order valence-corrected chi connectivity index (χ0v) is 12.0. The van der Waals surface area contributed by atoms with Crippen molar-refractivity contribution in [3.05, 3.63) is 71.8 Å². The van der Waals surface area contributed by atoms with Crippen LogP contribution < -0.4 is 0 Å². The maximum Gasteiger partial charge on any atom is 0.0721 e. The van der Waals surface area contributed by atoms with Gasteiger partial charge < -0.3 is 9.94 Å². The van der Waals surface area contributed by atoms with E-state index in [4.69, 9.17) is 9.94 Å². The third-order valence-corrected chi connectivity index (χ3v) is 2.42. The van der Waals surface area contributed by atoms with Gasteiger partial charge in [-0.15, -0.1) is 0 Å². The van der Waals surface area contributed by atoms with Crippen LogP contribution in [-0.2, 0) is 18.0 Å². The van der Waals surface area contributed by atoms with E-state index in [2.05, 4.69) is 29.4 Å². The zero-order valence-electron chi connectivity index (χ0n) is 12.0. The first kappa shape index (κ1) is 15.9. The normalized spacial score (nSPS) is 9.30. The van der Waals surface area contributed by atoms with Crippen molar-refractivity contribution in [2.45, 2.75) is 27.1 Å². The molecule has 106 valence electrons. The second-order valence-corrected chi connectivity index (χ2v) is 4.51. The van der Waals surface area contributed by atoms with Gasteiger partial charge in [-0.25, -0.2) is 0 Å². The quantitative estimate of drug-likeness (QED) is 0.513. The van der Waals surface area contributed by atoms with E-state index in [0.29, 0.717) is 18.9 Å².